The van der Waals surface area contributed by atoms with E-state index in [1.807, 2.05) is 30.3 Å². The summed E-state index contributed by atoms with van der Waals surface area (Å²) in [6.07, 6.45) is 5.24. The number of hydrogen-bond donors (Lipinski definition) is 2. The van der Waals surface area contributed by atoms with Crippen LogP contribution in [0.15, 0.2) is 61.1 Å². The number of aromatic nitrogens is 4. The SMILES string of the molecule is Cc1[nH]c2ccccc2c1-c1ccnc(Nc2cccnc2)n1. The molecule has 0 aliphatic carbocycles. The lowest BCUT2D eigenvalue weighted by atomic mass is 10.1. The van der Waals surface area contributed by atoms with Gasteiger partial charge in [-0.3, -0.25) is 4.98 Å². The van der Waals surface area contributed by atoms with Crippen LogP contribution in [-0.2, 0) is 0 Å². The molecule has 0 aliphatic rings. The maximum atomic E-state index is 4.65. The molecule has 2 N–H and O–H groups in total. The molecule has 0 amide bonds. The highest BCUT2D eigenvalue weighted by molar-refractivity contribution is 5.96. The summed E-state index contributed by atoms with van der Waals surface area (Å²) in [5.74, 6) is 0.556. The zero-order valence-electron chi connectivity index (χ0n) is 12.6. The minimum atomic E-state index is 0.556. The van der Waals surface area contributed by atoms with Crippen molar-refractivity contribution in [2.45, 2.75) is 6.92 Å². The van der Waals surface area contributed by atoms with Gasteiger partial charge in [-0.15, -0.1) is 0 Å². The smallest absolute Gasteiger partial charge is 0.227 e. The third-order valence-corrected chi connectivity index (χ3v) is 3.72. The number of aromatic amines is 1. The van der Waals surface area contributed by atoms with Crippen LogP contribution in [0.1, 0.15) is 5.69 Å². The Bertz CT molecular complexity index is 959. The number of anilines is 2. The second-order valence-electron chi connectivity index (χ2n) is 5.30. The van der Waals surface area contributed by atoms with Gasteiger partial charge in [0.25, 0.3) is 0 Å². The van der Waals surface area contributed by atoms with Gasteiger partial charge in [0.15, 0.2) is 0 Å². The fourth-order valence-electron chi connectivity index (χ4n) is 2.73. The van der Waals surface area contributed by atoms with E-state index >= 15 is 0 Å². The molecule has 1 aromatic carbocycles. The van der Waals surface area contributed by atoms with Crippen LogP contribution in [0.2, 0.25) is 0 Å². The van der Waals surface area contributed by atoms with E-state index in [2.05, 4.69) is 44.3 Å². The van der Waals surface area contributed by atoms with E-state index in [1.165, 1.54) is 0 Å². The zero-order chi connectivity index (χ0) is 15.6. The molecule has 0 aliphatic heterocycles. The molecule has 0 spiro atoms. The van der Waals surface area contributed by atoms with Gasteiger partial charge in [0.1, 0.15) is 0 Å². The molecule has 5 nitrogen and oxygen atoms in total. The number of H-pyrrole nitrogens is 1. The van der Waals surface area contributed by atoms with Gasteiger partial charge in [-0.2, -0.15) is 0 Å². The first-order valence-corrected chi connectivity index (χ1v) is 7.39. The van der Waals surface area contributed by atoms with Crippen molar-refractivity contribution in [1.82, 2.24) is 19.9 Å². The molecule has 0 saturated carbocycles. The second-order valence-corrected chi connectivity index (χ2v) is 5.30. The number of fused-ring (bicyclic) bond motifs is 1. The van der Waals surface area contributed by atoms with Crippen LogP contribution in [0, 0.1) is 6.92 Å². The van der Waals surface area contributed by atoms with Crippen LogP contribution in [-0.4, -0.2) is 19.9 Å². The summed E-state index contributed by atoms with van der Waals surface area (Å²) in [7, 11) is 0. The van der Waals surface area contributed by atoms with Gasteiger partial charge in [0.05, 0.1) is 17.6 Å². The number of aryl methyl sites for hydroxylation is 1. The van der Waals surface area contributed by atoms with Gasteiger partial charge in [0.2, 0.25) is 5.95 Å². The molecule has 0 radical (unpaired) electrons. The molecule has 0 unspecified atom stereocenters. The summed E-state index contributed by atoms with van der Waals surface area (Å²) >= 11 is 0. The lowest BCUT2D eigenvalue weighted by Crippen LogP contribution is -1.98. The Labute approximate surface area is 133 Å². The molecule has 23 heavy (non-hydrogen) atoms. The average Bonchev–Trinajstić information content (AvgIpc) is 2.92. The first-order chi connectivity index (χ1) is 11.3. The van der Waals surface area contributed by atoms with Crippen molar-refractivity contribution in [2.24, 2.45) is 0 Å². The van der Waals surface area contributed by atoms with Crippen molar-refractivity contribution >= 4 is 22.5 Å². The van der Waals surface area contributed by atoms with Gasteiger partial charge in [-0.05, 0) is 31.2 Å². The number of rotatable bonds is 3. The Balaban J connectivity index is 1.77. The van der Waals surface area contributed by atoms with Crippen LogP contribution >= 0.6 is 0 Å². The highest BCUT2D eigenvalue weighted by atomic mass is 15.1. The van der Waals surface area contributed by atoms with Gasteiger partial charge in [0, 0.05) is 34.6 Å². The van der Waals surface area contributed by atoms with Gasteiger partial charge in [-0.25, -0.2) is 9.97 Å². The Morgan fingerprint density at radius 3 is 2.78 bits per heavy atom. The normalized spacial score (nSPS) is 10.8. The van der Waals surface area contributed by atoms with Crippen LogP contribution < -0.4 is 5.32 Å². The quantitative estimate of drug-likeness (QED) is 0.598. The van der Waals surface area contributed by atoms with E-state index in [0.29, 0.717) is 5.95 Å². The molecule has 4 rings (SSSR count). The molecule has 3 aromatic heterocycles. The second kappa shape index (κ2) is 5.53. The third kappa shape index (κ3) is 2.53. The molecule has 0 atom stereocenters. The van der Waals surface area contributed by atoms with Gasteiger partial charge in [-0.1, -0.05) is 18.2 Å². The summed E-state index contributed by atoms with van der Waals surface area (Å²) < 4.78 is 0. The number of benzene rings is 1. The predicted molar refractivity (Wildman–Crippen MR) is 91.6 cm³/mol. The summed E-state index contributed by atoms with van der Waals surface area (Å²) in [5.41, 5.74) is 5.07. The number of hydrogen-bond acceptors (Lipinski definition) is 4. The Kier molecular flexibility index (Phi) is 3.24. The van der Waals surface area contributed by atoms with E-state index in [4.69, 9.17) is 0 Å². The first-order valence-electron chi connectivity index (χ1n) is 7.39. The Morgan fingerprint density at radius 1 is 1.00 bits per heavy atom. The third-order valence-electron chi connectivity index (χ3n) is 3.72. The number of para-hydroxylation sites is 1. The van der Waals surface area contributed by atoms with Gasteiger partial charge < -0.3 is 10.3 Å². The molecule has 4 aromatic rings. The summed E-state index contributed by atoms with van der Waals surface area (Å²) in [4.78, 5) is 16.4. The van der Waals surface area contributed by atoms with Crippen molar-refractivity contribution in [1.29, 1.82) is 0 Å². The maximum Gasteiger partial charge on any atom is 0.227 e. The average molecular weight is 301 g/mol. The summed E-state index contributed by atoms with van der Waals surface area (Å²) in [6, 6.07) is 14.0. The molecule has 3 heterocycles. The molecule has 0 saturated heterocycles. The first kappa shape index (κ1) is 13.5. The van der Waals surface area contributed by atoms with Crippen LogP contribution in [0.25, 0.3) is 22.2 Å². The Morgan fingerprint density at radius 2 is 1.91 bits per heavy atom. The number of nitrogens with zero attached hydrogens (tertiary/aromatic N) is 3. The summed E-state index contributed by atoms with van der Waals surface area (Å²) in [6.45, 7) is 2.06. The highest BCUT2D eigenvalue weighted by Crippen LogP contribution is 2.31. The van der Waals surface area contributed by atoms with Crippen molar-refractivity contribution in [3.05, 3.63) is 66.7 Å². The molecule has 0 fully saturated rings. The number of nitrogens with one attached hydrogen (secondary N) is 2. The van der Waals surface area contributed by atoms with Crippen molar-refractivity contribution in [2.75, 3.05) is 5.32 Å². The molecular formula is C18H15N5. The molecule has 5 heteroatoms. The van der Waals surface area contributed by atoms with E-state index in [0.717, 1.165) is 33.5 Å². The fraction of sp³-hybridized carbons (Fsp3) is 0.0556. The minimum Gasteiger partial charge on any atom is -0.358 e. The van der Waals surface area contributed by atoms with E-state index in [9.17, 15) is 0 Å². The fourth-order valence-corrected chi connectivity index (χ4v) is 2.73. The van der Waals surface area contributed by atoms with Crippen LogP contribution in [0.5, 0.6) is 0 Å². The standard InChI is InChI=1S/C18H15N5/c1-12-17(14-6-2-3-7-15(14)21-12)16-8-10-20-18(23-16)22-13-5-4-9-19-11-13/h2-11,21H,1H3,(H,20,22,23). The van der Waals surface area contributed by atoms with Crippen molar-refractivity contribution < 1.29 is 0 Å². The van der Waals surface area contributed by atoms with Crippen LogP contribution in [0.4, 0.5) is 11.6 Å². The Hall–Kier alpha value is -3.21. The lowest BCUT2D eigenvalue weighted by molar-refractivity contribution is 1.16. The lowest BCUT2D eigenvalue weighted by Gasteiger charge is -2.06. The van der Waals surface area contributed by atoms with Crippen molar-refractivity contribution in [3.63, 3.8) is 0 Å². The topological polar surface area (TPSA) is 66.5 Å². The van der Waals surface area contributed by atoms with E-state index < -0.39 is 0 Å². The maximum absolute atomic E-state index is 4.65. The molecule has 112 valence electrons. The van der Waals surface area contributed by atoms with Gasteiger partial charge >= 0.3 is 0 Å². The monoisotopic (exact) mass is 301 g/mol. The van der Waals surface area contributed by atoms with Crippen molar-refractivity contribution in [3.8, 4) is 11.3 Å². The van der Waals surface area contributed by atoms with E-state index in [-0.39, 0.29) is 0 Å². The number of pyridine rings is 1. The molecular weight excluding hydrogens is 286 g/mol. The molecule has 0 bridgehead atoms. The predicted octanol–water partition coefficient (Wildman–Crippen LogP) is 4.07. The zero-order valence-corrected chi connectivity index (χ0v) is 12.6. The highest BCUT2D eigenvalue weighted by Gasteiger charge is 2.12. The minimum absolute atomic E-state index is 0.556. The summed E-state index contributed by atoms with van der Waals surface area (Å²) in [5, 5.41) is 4.34. The van der Waals surface area contributed by atoms with E-state index in [1.54, 1.807) is 18.6 Å². The largest absolute Gasteiger partial charge is 0.358 e. The van der Waals surface area contributed by atoms with Crippen LogP contribution in [0.3, 0.4) is 0 Å².